The molecule has 1 heterocycles. The molecule has 1 aliphatic heterocycles. The number of methoxy groups -OCH3 is 1. The first kappa shape index (κ1) is 11.9. The van der Waals surface area contributed by atoms with Crippen molar-refractivity contribution < 1.29 is 14.3 Å². The Bertz CT molecular complexity index is 397. The van der Waals surface area contributed by atoms with E-state index < -0.39 is 0 Å². The van der Waals surface area contributed by atoms with Crippen LogP contribution in [0.2, 0.25) is 0 Å². The van der Waals surface area contributed by atoms with Gasteiger partial charge in [-0.3, -0.25) is 4.79 Å². The third-order valence-corrected chi connectivity index (χ3v) is 3.42. The average Bonchev–Trinajstić information content (AvgIpc) is 2.92. The van der Waals surface area contributed by atoms with Gasteiger partial charge in [0.2, 0.25) is 5.91 Å². The molecule has 0 radical (unpaired) electrons. The molecule has 0 spiro atoms. The van der Waals surface area contributed by atoms with Gasteiger partial charge in [-0.1, -0.05) is 25.2 Å². The molecule has 2 unspecified atom stereocenters. The zero-order valence-electron chi connectivity index (χ0n) is 10.2. The van der Waals surface area contributed by atoms with Crippen molar-refractivity contribution in [3.05, 3.63) is 23.8 Å². The smallest absolute Gasteiger partial charge is 0.333 e. The lowest BCUT2D eigenvalue weighted by Crippen LogP contribution is -2.35. The van der Waals surface area contributed by atoms with Crippen molar-refractivity contribution in [3.63, 3.8) is 0 Å². The minimum atomic E-state index is -0.306. The van der Waals surface area contributed by atoms with Crippen LogP contribution in [0.1, 0.15) is 19.8 Å². The zero-order valence-corrected chi connectivity index (χ0v) is 10.2. The second kappa shape index (κ2) is 4.73. The molecule has 1 fully saturated rings. The van der Waals surface area contributed by atoms with Gasteiger partial charge in [-0.25, -0.2) is 4.79 Å². The van der Waals surface area contributed by atoms with E-state index in [9.17, 15) is 9.59 Å². The van der Waals surface area contributed by atoms with E-state index >= 15 is 0 Å². The van der Waals surface area contributed by atoms with Crippen molar-refractivity contribution in [2.75, 3.05) is 13.7 Å². The molecule has 2 aliphatic rings. The largest absolute Gasteiger partial charge is 0.466 e. The summed E-state index contributed by atoms with van der Waals surface area (Å²) < 4.78 is 4.68. The van der Waals surface area contributed by atoms with E-state index in [0.717, 1.165) is 6.42 Å². The van der Waals surface area contributed by atoms with Crippen LogP contribution < -0.4 is 0 Å². The van der Waals surface area contributed by atoms with Gasteiger partial charge in [0, 0.05) is 12.1 Å². The van der Waals surface area contributed by atoms with Gasteiger partial charge in [-0.15, -0.1) is 0 Å². The van der Waals surface area contributed by atoms with E-state index in [2.05, 4.69) is 10.8 Å². The van der Waals surface area contributed by atoms with Gasteiger partial charge in [0.1, 0.15) is 0 Å². The van der Waals surface area contributed by atoms with E-state index in [4.69, 9.17) is 0 Å². The van der Waals surface area contributed by atoms with Crippen LogP contribution in [-0.2, 0) is 14.3 Å². The minimum Gasteiger partial charge on any atom is -0.466 e. The Morgan fingerprint density at radius 1 is 1.59 bits per heavy atom. The first-order chi connectivity index (χ1) is 8.17. The van der Waals surface area contributed by atoms with Gasteiger partial charge in [-0.2, -0.15) is 0 Å². The molecular weight excluding hydrogens is 218 g/mol. The quantitative estimate of drug-likeness (QED) is 0.419. The molecule has 0 aromatic carbocycles. The lowest BCUT2D eigenvalue weighted by Gasteiger charge is -2.22. The first-order valence-electron chi connectivity index (χ1n) is 5.93. The normalized spacial score (nSPS) is 26.8. The number of fused-ring (bicyclic) bond motifs is 2. The van der Waals surface area contributed by atoms with Crippen molar-refractivity contribution in [2.24, 2.45) is 5.92 Å². The number of esters is 1. The Hall–Kier alpha value is -1.58. The fourth-order valence-corrected chi connectivity index (χ4v) is 2.41. The monoisotopic (exact) mass is 235 g/mol. The molecule has 1 amide bonds. The molecular formula is C13H17NO3. The predicted molar refractivity (Wildman–Crippen MR) is 63.1 cm³/mol. The molecule has 1 saturated heterocycles. The van der Waals surface area contributed by atoms with Crippen molar-refractivity contribution >= 4 is 11.9 Å². The van der Waals surface area contributed by atoms with Gasteiger partial charge >= 0.3 is 5.97 Å². The maximum Gasteiger partial charge on any atom is 0.333 e. The predicted octanol–water partition coefficient (Wildman–Crippen LogP) is 1.28. The van der Waals surface area contributed by atoms with Crippen LogP contribution in [0.15, 0.2) is 23.8 Å². The van der Waals surface area contributed by atoms with Crippen molar-refractivity contribution in [1.82, 2.24) is 4.90 Å². The summed E-state index contributed by atoms with van der Waals surface area (Å²) in [6, 6.07) is 0.222. The van der Waals surface area contributed by atoms with E-state index in [1.807, 2.05) is 17.9 Å². The molecule has 4 nitrogen and oxygen atoms in total. The summed E-state index contributed by atoms with van der Waals surface area (Å²) >= 11 is 0. The van der Waals surface area contributed by atoms with Crippen LogP contribution in [0.5, 0.6) is 0 Å². The Morgan fingerprint density at radius 3 is 2.88 bits per heavy atom. The van der Waals surface area contributed by atoms with Crippen LogP contribution in [0.4, 0.5) is 0 Å². The van der Waals surface area contributed by atoms with Crippen LogP contribution >= 0.6 is 0 Å². The maximum atomic E-state index is 11.8. The highest BCUT2D eigenvalue weighted by atomic mass is 16.5. The fourth-order valence-electron chi connectivity index (χ4n) is 2.41. The number of rotatable bonds is 4. The number of nitrogens with zero attached hydrogens (tertiary/aromatic N) is 1. The SMILES string of the molecule is CCC(=CCN1C(=O)C2C=CC1C2)C(=O)OC. The van der Waals surface area contributed by atoms with Crippen LogP contribution in [0.3, 0.4) is 0 Å². The number of hydrogen-bond donors (Lipinski definition) is 0. The van der Waals surface area contributed by atoms with Gasteiger partial charge in [0.15, 0.2) is 0 Å². The number of amides is 1. The second-order valence-electron chi connectivity index (χ2n) is 4.36. The maximum absolute atomic E-state index is 11.8. The van der Waals surface area contributed by atoms with E-state index in [0.29, 0.717) is 18.5 Å². The summed E-state index contributed by atoms with van der Waals surface area (Å²) in [5.74, 6) is -0.0643. The highest BCUT2D eigenvalue weighted by molar-refractivity contribution is 5.89. The van der Waals surface area contributed by atoms with Gasteiger partial charge in [0.25, 0.3) is 0 Å². The minimum absolute atomic E-state index is 0.0663. The molecule has 2 bridgehead atoms. The van der Waals surface area contributed by atoms with Crippen molar-refractivity contribution in [3.8, 4) is 0 Å². The molecule has 0 saturated carbocycles. The highest BCUT2D eigenvalue weighted by Gasteiger charge is 2.40. The Morgan fingerprint density at radius 2 is 2.35 bits per heavy atom. The summed E-state index contributed by atoms with van der Waals surface area (Å²) in [6.45, 7) is 2.41. The lowest BCUT2D eigenvalue weighted by atomic mass is 10.1. The van der Waals surface area contributed by atoms with Gasteiger partial charge < -0.3 is 9.64 Å². The molecule has 2 rings (SSSR count). The third kappa shape index (κ3) is 2.12. The Balaban J connectivity index is 2.02. The molecule has 1 aliphatic carbocycles. The number of ether oxygens (including phenoxy) is 1. The van der Waals surface area contributed by atoms with E-state index in [1.165, 1.54) is 7.11 Å². The molecule has 2 atom stereocenters. The highest BCUT2D eigenvalue weighted by Crippen LogP contribution is 2.32. The number of carbonyl (C=O) groups excluding carboxylic acids is 2. The molecule has 0 aromatic rings. The molecule has 4 heteroatoms. The molecule has 17 heavy (non-hydrogen) atoms. The number of hydrogen-bond acceptors (Lipinski definition) is 3. The third-order valence-electron chi connectivity index (χ3n) is 3.42. The summed E-state index contributed by atoms with van der Waals surface area (Å²) in [5, 5.41) is 0. The summed E-state index contributed by atoms with van der Waals surface area (Å²) in [7, 11) is 1.37. The van der Waals surface area contributed by atoms with Crippen molar-refractivity contribution in [1.29, 1.82) is 0 Å². The average molecular weight is 235 g/mol. The summed E-state index contributed by atoms with van der Waals surface area (Å²) in [5.41, 5.74) is 0.632. The van der Waals surface area contributed by atoms with Crippen LogP contribution in [0, 0.1) is 5.92 Å². The Kier molecular flexibility index (Phi) is 3.31. The molecule has 92 valence electrons. The standard InChI is InChI=1S/C13H17NO3/c1-3-9(13(16)17-2)6-7-14-11-5-4-10(8-11)12(14)15/h4-6,10-11H,3,7-8H2,1-2H3. The summed E-state index contributed by atoms with van der Waals surface area (Å²) in [4.78, 5) is 25.0. The Labute approximate surface area is 101 Å². The topological polar surface area (TPSA) is 46.6 Å². The van der Waals surface area contributed by atoms with Crippen molar-refractivity contribution in [2.45, 2.75) is 25.8 Å². The first-order valence-corrected chi connectivity index (χ1v) is 5.93. The summed E-state index contributed by atoms with van der Waals surface area (Å²) in [6.07, 6.45) is 7.38. The molecule has 0 aromatic heterocycles. The van der Waals surface area contributed by atoms with E-state index in [1.54, 1.807) is 6.08 Å². The fraction of sp³-hybridized carbons (Fsp3) is 0.538. The number of likely N-dealkylation sites (tertiary alicyclic amines) is 1. The zero-order chi connectivity index (χ0) is 12.4. The number of carbonyl (C=O) groups is 2. The van der Waals surface area contributed by atoms with Gasteiger partial charge in [0.05, 0.1) is 19.1 Å². The van der Waals surface area contributed by atoms with Crippen LogP contribution in [0.25, 0.3) is 0 Å². The lowest BCUT2D eigenvalue weighted by molar-refractivity contribution is -0.136. The second-order valence-corrected chi connectivity index (χ2v) is 4.36. The van der Waals surface area contributed by atoms with Gasteiger partial charge in [-0.05, 0) is 12.8 Å². The van der Waals surface area contributed by atoms with Crippen LogP contribution in [-0.4, -0.2) is 36.5 Å². The van der Waals surface area contributed by atoms with E-state index in [-0.39, 0.29) is 23.8 Å². The molecule has 0 N–H and O–H groups in total.